The minimum Gasteiger partial charge on any atom is -0.505 e. The van der Waals surface area contributed by atoms with Crippen LogP contribution in [0.5, 0.6) is 0 Å². The van der Waals surface area contributed by atoms with Gasteiger partial charge in [-0.05, 0) is 74.5 Å². The molecule has 7 heteroatoms. The topological polar surface area (TPSA) is 131 Å². The summed E-state index contributed by atoms with van der Waals surface area (Å²) in [7, 11) is 0. The Hall–Kier alpha value is -2.57. The third kappa shape index (κ3) is 4.87. The number of unbranched alkanes of at least 4 members (excludes halogenated alkanes) is 1. The zero-order valence-electron chi connectivity index (χ0n) is 20.5. The van der Waals surface area contributed by atoms with Crippen molar-refractivity contribution in [1.82, 2.24) is 5.32 Å². The molecule has 0 spiro atoms. The van der Waals surface area contributed by atoms with Gasteiger partial charge in [-0.25, -0.2) is 0 Å². The number of carbonyl (C=O) groups excluding carboxylic acids is 2. The van der Waals surface area contributed by atoms with Crippen LogP contribution < -0.4 is 16.8 Å². The first kappa shape index (κ1) is 25.1. The Bertz CT molecular complexity index is 928. The first-order valence-electron chi connectivity index (χ1n) is 12.2. The third-order valence-corrected chi connectivity index (χ3v) is 8.66. The summed E-state index contributed by atoms with van der Waals surface area (Å²) in [6.07, 6.45) is 9.86. The van der Waals surface area contributed by atoms with Crippen molar-refractivity contribution in [3.63, 3.8) is 0 Å². The predicted octanol–water partition coefficient (Wildman–Crippen LogP) is 3.67. The van der Waals surface area contributed by atoms with Crippen LogP contribution in [0.2, 0.25) is 0 Å². The van der Waals surface area contributed by atoms with Gasteiger partial charge in [-0.3, -0.25) is 14.6 Å². The van der Waals surface area contributed by atoms with Crippen LogP contribution in [0.15, 0.2) is 39.7 Å². The summed E-state index contributed by atoms with van der Waals surface area (Å²) in [4.78, 5) is 29.4. The van der Waals surface area contributed by atoms with Crippen molar-refractivity contribution in [3.05, 3.63) is 34.8 Å². The molecule has 182 valence electrons. The molecule has 4 atom stereocenters. The van der Waals surface area contributed by atoms with E-state index >= 15 is 0 Å². The molecule has 1 saturated carbocycles. The fraction of sp³-hybridized carbons (Fsp3) is 0.654. The van der Waals surface area contributed by atoms with Gasteiger partial charge >= 0.3 is 0 Å². The standard InChI is InChI=1S/C26H40N4O3/c1-16-8-7-9-21-25(16,3)11-10-17(2)26(21,4)15-18-22(32)19(14-20(31)23(18)33)29-12-5-6-13-30-24(27)28/h8,14,17,21,29,32H,5-7,9-13,15H2,1-4H3,(H4,27,28,30). The second-order valence-corrected chi connectivity index (χ2v) is 10.6. The monoisotopic (exact) mass is 456 g/mol. The summed E-state index contributed by atoms with van der Waals surface area (Å²) in [5.41, 5.74) is 12.6. The molecule has 0 aromatic carbocycles. The van der Waals surface area contributed by atoms with Crippen LogP contribution >= 0.6 is 0 Å². The Morgan fingerprint density at radius 2 is 1.97 bits per heavy atom. The number of hydrogen-bond acceptors (Lipinski definition) is 5. The molecule has 0 aliphatic heterocycles. The molecule has 0 amide bonds. The molecule has 0 heterocycles. The maximum Gasteiger partial charge on any atom is 0.232 e. The quantitative estimate of drug-likeness (QED) is 0.110. The van der Waals surface area contributed by atoms with Crippen molar-refractivity contribution in [3.8, 4) is 0 Å². The highest BCUT2D eigenvalue weighted by atomic mass is 16.3. The number of aliphatic hydroxyl groups is 1. The zero-order chi connectivity index (χ0) is 24.4. The molecule has 3 rings (SSSR count). The zero-order valence-corrected chi connectivity index (χ0v) is 20.5. The molecular weight excluding hydrogens is 416 g/mol. The lowest BCUT2D eigenvalue weighted by molar-refractivity contribution is -0.132. The van der Waals surface area contributed by atoms with Gasteiger partial charge in [0.05, 0.1) is 5.70 Å². The van der Waals surface area contributed by atoms with E-state index in [-0.39, 0.29) is 28.1 Å². The largest absolute Gasteiger partial charge is 0.505 e. The number of nitrogens with two attached hydrogens (primary N) is 2. The van der Waals surface area contributed by atoms with Crippen LogP contribution in [0, 0.1) is 22.7 Å². The lowest BCUT2D eigenvalue weighted by atomic mass is 9.46. The fourth-order valence-electron chi connectivity index (χ4n) is 6.24. The summed E-state index contributed by atoms with van der Waals surface area (Å²) in [5, 5.41) is 14.2. The maximum atomic E-state index is 12.9. The van der Waals surface area contributed by atoms with E-state index in [1.54, 1.807) is 0 Å². The Kier molecular flexibility index (Phi) is 7.39. The van der Waals surface area contributed by atoms with Gasteiger partial charge in [0.15, 0.2) is 5.96 Å². The van der Waals surface area contributed by atoms with E-state index in [1.807, 2.05) is 0 Å². The van der Waals surface area contributed by atoms with Gasteiger partial charge in [-0.2, -0.15) is 0 Å². The van der Waals surface area contributed by atoms with Crippen molar-refractivity contribution < 1.29 is 14.7 Å². The molecule has 1 fully saturated rings. The van der Waals surface area contributed by atoms with Crippen molar-refractivity contribution in [2.24, 2.45) is 39.1 Å². The first-order chi connectivity index (χ1) is 15.5. The maximum absolute atomic E-state index is 12.9. The normalized spacial score (nSPS) is 32.1. The van der Waals surface area contributed by atoms with Gasteiger partial charge in [0.1, 0.15) is 5.76 Å². The summed E-state index contributed by atoms with van der Waals surface area (Å²) in [5.74, 6) is -0.359. The average molecular weight is 457 g/mol. The summed E-state index contributed by atoms with van der Waals surface area (Å²) in [6, 6.07) is 0. The molecule has 33 heavy (non-hydrogen) atoms. The first-order valence-corrected chi connectivity index (χ1v) is 12.2. The minimum absolute atomic E-state index is 0.0671. The average Bonchev–Trinajstić information content (AvgIpc) is 2.76. The number of hydrogen-bond donors (Lipinski definition) is 4. The van der Waals surface area contributed by atoms with Crippen LogP contribution in [0.1, 0.15) is 72.6 Å². The molecule has 6 N–H and O–H groups in total. The highest BCUT2D eigenvalue weighted by Crippen LogP contribution is 2.62. The van der Waals surface area contributed by atoms with Gasteiger partial charge in [-0.15, -0.1) is 0 Å². The number of allylic oxidation sites excluding steroid dienone is 4. The molecule has 7 nitrogen and oxygen atoms in total. The fourth-order valence-corrected chi connectivity index (χ4v) is 6.24. The Labute approximate surface area is 197 Å². The SMILES string of the molecule is CC1=CCCC2C1(C)CCC(C)C2(C)CC1=C(O)C(NCCCCN=C(N)N)=CC(=O)C1=O. The minimum atomic E-state index is -0.574. The van der Waals surface area contributed by atoms with E-state index in [4.69, 9.17) is 11.5 Å². The molecule has 4 unspecified atom stereocenters. The number of Topliss-reactive ketones (excluding diaryl/α,β-unsaturated/α-hetero) is 1. The molecule has 0 bridgehead atoms. The van der Waals surface area contributed by atoms with Crippen molar-refractivity contribution in [2.45, 2.75) is 72.6 Å². The second kappa shape index (κ2) is 9.74. The second-order valence-electron chi connectivity index (χ2n) is 10.6. The Balaban J connectivity index is 1.80. The molecule has 0 saturated heterocycles. The Morgan fingerprint density at radius 1 is 1.24 bits per heavy atom. The van der Waals surface area contributed by atoms with E-state index in [0.717, 1.165) is 38.5 Å². The van der Waals surface area contributed by atoms with E-state index < -0.39 is 11.6 Å². The van der Waals surface area contributed by atoms with Crippen LogP contribution in [0.25, 0.3) is 0 Å². The lowest BCUT2D eigenvalue weighted by Gasteiger charge is -2.58. The highest BCUT2D eigenvalue weighted by Gasteiger charge is 2.54. The van der Waals surface area contributed by atoms with E-state index in [2.05, 4.69) is 44.1 Å². The molecule has 0 aromatic rings. The van der Waals surface area contributed by atoms with Crippen LogP contribution in [0.4, 0.5) is 0 Å². The number of nitrogens with one attached hydrogen (secondary N) is 1. The van der Waals surface area contributed by atoms with Crippen LogP contribution in [0.3, 0.4) is 0 Å². The smallest absolute Gasteiger partial charge is 0.232 e. The summed E-state index contributed by atoms with van der Waals surface area (Å²) >= 11 is 0. The summed E-state index contributed by atoms with van der Waals surface area (Å²) < 4.78 is 0. The molecule has 0 radical (unpaired) electrons. The van der Waals surface area contributed by atoms with Crippen molar-refractivity contribution in [2.75, 3.05) is 13.1 Å². The number of carbonyl (C=O) groups is 2. The van der Waals surface area contributed by atoms with Gasteiger partial charge in [0.25, 0.3) is 0 Å². The number of rotatable bonds is 8. The van der Waals surface area contributed by atoms with E-state index in [9.17, 15) is 14.7 Å². The number of nitrogens with zero attached hydrogens (tertiary/aromatic N) is 1. The van der Waals surface area contributed by atoms with E-state index in [0.29, 0.717) is 37.0 Å². The van der Waals surface area contributed by atoms with Gasteiger partial charge in [0.2, 0.25) is 11.6 Å². The molecule has 3 aliphatic rings. The number of guanidine groups is 1. The number of aliphatic hydroxyl groups excluding tert-OH is 1. The number of ketones is 2. The Morgan fingerprint density at radius 3 is 2.67 bits per heavy atom. The van der Waals surface area contributed by atoms with Crippen LogP contribution in [-0.2, 0) is 9.59 Å². The summed E-state index contributed by atoms with van der Waals surface area (Å²) in [6.45, 7) is 10.2. The van der Waals surface area contributed by atoms with Crippen molar-refractivity contribution >= 4 is 17.5 Å². The van der Waals surface area contributed by atoms with Crippen molar-refractivity contribution in [1.29, 1.82) is 0 Å². The number of aliphatic imine (C=N–C) groups is 1. The third-order valence-electron chi connectivity index (χ3n) is 8.66. The molecule has 0 aromatic heterocycles. The predicted molar refractivity (Wildman–Crippen MR) is 131 cm³/mol. The molecule has 3 aliphatic carbocycles. The van der Waals surface area contributed by atoms with Gasteiger partial charge < -0.3 is 21.9 Å². The highest BCUT2D eigenvalue weighted by molar-refractivity contribution is 6.48. The number of fused-ring (bicyclic) bond motifs is 1. The lowest BCUT2D eigenvalue weighted by Crippen LogP contribution is -2.50. The van der Waals surface area contributed by atoms with Crippen LogP contribution in [-0.4, -0.2) is 35.7 Å². The molecular formula is C26H40N4O3. The van der Waals surface area contributed by atoms with Gasteiger partial charge in [0, 0.05) is 24.7 Å². The van der Waals surface area contributed by atoms with Gasteiger partial charge in [-0.1, -0.05) is 32.4 Å². The van der Waals surface area contributed by atoms with E-state index in [1.165, 1.54) is 11.6 Å².